The van der Waals surface area contributed by atoms with Crippen LogP contribution in [0, 0.1) is 11.8 Å². The van der Waals surface area contributed by atoms with E-state index >= 15 is 0 Å². The molecule has 4 heteroatoms. The monoisotopic (exact) mass is 163 g/mol. The van der Waals surface area contributed by atoms with Gasteiger partial charge in [0.05, 0.1) is 0 Å². The Morgan fingerprint density at radius 2 is 2.30 bits per heavy atom. The second-order valence-corrected chi connectivity index (χ2v) is 2.88. The summed E-state index contributed by atoms with van der Waals surface area (Å²) in [6.07, 6.45) is 1.13. The number of piperidine rings is 1. The third kappa shape index (κ3) is 0.995. The summed E-state index contributed by atoms with van der Waals surface area (Å²) in [7, 11) is 0. The smallest absolute Gasteiger partial charge is 0.320 e. The van der Waals surface area contributed by atoms with E-state index in [0.717, 1.165) is 13.0 Å². The minimum atomic E-state index is -0.681. The molecule has 10 heavy (non-hydrogen) atoms. The number of carbonyl (C=O) groups is 1. The molecule has 0 aromatic rings. The van der Waals surface area contributed by atoms with Crippen LogP contribution in [0.4, 0.5) is 0 Å². The lowest BCUT2D eigenvalue weighted by Crippen LogP contribution is -2.34. The summed E-state index contributed by atoms with van der Waals surface area (Å²) >= 11 is 0. The summed E-state index contributed by atoms with van der Waals surface area (Å²) in [6, 6.07) is -0.227. The molecule has 1 saturated carbocycles. The predicted molar refractivity (Wildman–Crippen MR) is 38.3 cm³/mol. The van der Waals surface area contributed by atoms with Crippen molar-refractivity contribution in [1.82, 2.24) is 5.32 Å². The van der Waals surface area contributed by atoms with E-state index in [1.54, 1.807) is 0 Å². The normalized spacial score (nSPS) is 41.8. The molecular formula is C6H10ClNO2. The molecule has 0 radical (unpaired) electrons. The maximum absolute atomic E-state index is 10.4. The van der Waals surface area contributed by atoms with E-state index in [1.807, 2.05) is 0 Å². The Morgan fingerprint density at radius 3 is 2.50 bits per heavy atom. The topological polar surface area (TPSA) is 49.3 Å². The van der Waals surface area contributed by atoms with Gasteiger partial charge in [0.2, 0.25) is 0 Å². The van der Waals surface area contributed by atoms with Gasteiger partial charge in [0.25, 0.3) is 0 Å². The van der Waals surface area contributed by atoms with Crippen molar-refractivity contribution >= 4 is 18.4 Å². The Bertz CT molecular complexity index is 162. The summed E-state index contributed by atoms with van der Waals surface area (Å²) < 4.78 is 0. The van der Waals surface area contributed by atoms with E-state index in [0.29, 0.717) is 11.8 Å². The molecule has 0 aromatic carbocycles. The number of fused-ring (bicyclic) bond motifs is 1. The first kappa shape index (κ1) is 7.82. The van der Waals surface area contributed by atoms with Gasteiger partial charge in [0.15, 0.2) is 0 Å². The molecule has 2 rings (SSSR count). The third-order valence-electron chi connectivity index (χ3n) is 2.27. The zero-order valence-electron chi connectivity index (χ0n) is 5.41. The lowest BCUT2D eigenvalue weighted by atomic mass is 10.2. The lowest BCUT2D eigenvalue weighted by Gasteiger charge is -2.04. The molecule has 0 amide bonds. The largest absolute Gasteiger partial charge is 0.480 e. The molecule has 0 spiro atoms. The van der Waals surface area contributed by atoms with Crippen LogP contribution >= 0.6 is 12.4 Å². The van der Waals surface area contributed by atoms with Gasteiger partial charge >= 0.3 is 5.97 Å². The van der Waals surface area contributed by atoms with Crippen LogP contribution in [-0.4, -0.2) is 23.7 Å². The molecular weight excluding hydrogens is 154 g/mol. The lowest BCUT2D eigenvalue weighted by molar-refractivity contribution is -0.139. The van der Waals surface area contributed by atoms with E-state index in [-0.39, 0.29) is 18.4 Å². The number of nitrogens with one attached hydrogen (secondary N) is 1. The Balaban J connectivity index is 0.000000500. The molecule has 58 valence electrons. The molecule has 2 N–H and O–H groups in total. The minimum absolute atomic E-state index is 0. The highest BCUT2D eigenvalue weighted by molar-refractivity contribution is 5.85. The zero-order valence-corrected chi connectivity index (χ0v) is 6.23. The van der Waals surface area contributed by atoms with Crippen molar-refractivity contribution in [2.75, 3.05) is 6.54 Å². The van der Waals surface area contributed by atoms with Crippen LogP contribution in [0.5, 0.6) is 0 Å². The standard InChI is InChI=1S/C6H9NO2.ClH/c8-6(9)5-4-1-3(4)2-7-5;/h3-5,7H,1-2H2,(H,8,9);1H/t3-,4-,5-;/m0./s1. The SMILES string of the molecule is Cl.O=C(O)[C@H]1NC[C@@H]2C[C@@H]21. The number of halogens is 1. The molecule has 0 aromatic heterocycles. The summed E-state index contributed by atoms with van der Waals surface area (Å²) in [4.78, 5) is 10.4. The van der Waals surface area contributed by atoms with E-state index in [4.69, 9.17) is 5.11 Å². The Labute approximate surface area is 65.2 Å². The fourth-order valence-corrected chi connectivity index (χ4v) is 1.61. The van der Waals surface area contributed by atoms with Gasteiger partial charge in [0.1, 0.15) is 6.04 Å². The molecule has 0 bridgehead atoms. The molecule has 0 unspecified atom stereocenters. The van der Waals surface area contributed by atoms with Crippen LogP contribution in [0.25, 0.3) is 0 Å². The highest BCUT2D eigenvalue weighted by atomic mass is 35.5. The first-order chi connectivity index (χ1) is 4.29. The van der Waals surface area contributed by atoms with Gasteiger partial charge < -0.3 is 10.4 Å². The van der Waals surface area contributed by atoms with Crippen LogP contribution in [0.3, 0.4) is 0 Å². The predicted octanol–water partition coefficient (Wildman–Crippen LogP) is 0.101. The van der Waals surface area contributed by atoms with E-state index < -0.39 is 5.97 Å². The quantitative estimate of drug-likeness (QED) is 0.577. The highest BCUT2D eigenvalue weighted by Gasteiger charge is 2.51. The molecule has 1 saturated heterocycles. The maximum atomic E-state index is 10.4. The summed E-state index contributed by atoms with van der Waals surface area (Å²) in [5.74, 6) is 0.466. The summed E-state index contributed by atoms with van der Waals surface area (Å²) in [5, 5.41) is 11.5. The van der Waals surface area contributed by atoms with Crippen LogP contribution in [0.2, 0.25) is 0 Å². The molecule has 3 nitrogen and oxygen atoms in total. The van der Waals surface area contributed by atoms with Crippen LogP contribution in [-0.2, 0) is 4.79 Å². The number of hydrogen-bond donors (Lipinski definition) is 2. The van der Waals surface area contributed by atoms with Gasteiger partial charge in [-0.25, -0.2) is 0 Å². The van der Waals surface area contributed by atoms with Crippen molar-refractivity contribution in [1.29, 1.82) is 0 Å². The highest BCUT2D eigenvalue weighted by Crippen LogP contribution is 2.44. The van der Waals surface area contributed by atoms with E-state index in [1.165, 1.54) is 0 Å². The van der Waals surface area contributed by atoms with E-state index in [2.05, 4.69) is 5.32 Å². The fraction of sp³-hybridized carbons (Fsp3) is 0.833. The van der Waals surface area contributed by atoms with Crippen LogP contribution in [0.1, 0.15) is 6.42 Å². The molecule has 2 fully saturated rings. The van der Waals surface area contributed by atoms with Crippen molar-refractivity contribution < 1.29 is 9.90 Å². The van der Waals surface area contributed by atoms with Gasteiger partial charge in [-0.3, -0.25) is 4.79 Å². The number of hydrogen-bond acceptors (Lipinski definition) is 2. The van der Waals surface area contributed by atoms with Gasteiger partial charge in [-0.2, -0.15) is 0 Å². The van der Waals surface area contributed by atoms with Crippen molar-refractivity contribution in [2.24, 2.45) is 11.8 Å². The minimum Gasteiger partial charge on any atom is -0.480 e. The van der Waals surface area contributed by atoms with E-state index in [9.17, 15) is 4.79 Å². The van der Waals surface area contributed by atoms with Gasteiger partial charge in [-0.15, -0.1) is 12.4 Å². The number of carboxylic acid groups (broad SMARTS) is 1. The molecule has 1 heterocycles. The van der Waals surface area contributed by atoms with Crippen LogP contribution < -0.4 is 5.32 Å². The molecule has 3 atom stereocenters. The Hall–Kier alpha value is -0.280. The second kappa shape index (κ2) is 2.40. The third-order valence-corrected chi connectivity index (χ3v) is 2.27. The zero-order chi connectivity index (χ0) is 6.43. The van der Waals surface area contributed by atoms with Gasteiger partial charge in [0, 0.05) is 0 Å². The summed E-state index contributed by atoms with van der Waals surface area (Å²) in [6.45, 7) is 0.918. The Morgan fingerprint density at radius 1 is 1.60 bits per heavy atom. The van der Waals surface area contributed by atoms with Crippen molar-refractivity contribution in [2.45, 2.75) is 12.5 Å². The first-order valence-corrected chi connectivity index (χ1v) is 3.25. The van der Waals surface area contributed by atoms with Crippen LogP contribution in [0.15, 0.2) is 0 Å². The Kier molecular flexibility index (Phi) is 1.88. The second-order valence-electron chi connectivity index (χ2n) is 2.88. The fourth-order valence-electron chi connectivity index (χ4n) is 1.61. The van der Waals surface area contributed by atoms with Crippen molar-refractivity contribution in [3.63, 3.8) is 0 Å². The average molecular weight is 164 g/mol. The van der Waals surface area contributed by atoms with Crippen molar-refractivity contribution in [3.05, 3.63) is 0 Å². The molecule has 2 aliphatic rings. The maximum Gasteiger partial charge on any atom is 0.320 e. The molecule has 1 aliphatic heterocycles. The van der Waals surface area contributed by atoms with Crippen molar-refractivity contribution in [3.8, 4) is 0 Å². The van der Waals surface area contributed by atoms with Gasteiger partial charge in [-0.05, 0) is 24.8 Å². The summed E-state index contributed by atoms with van der Waals surface area (Å²) in [5.41, 5.74) is 0. The van der Waals surface area contributed by atoms with Gasteiger partial charge in [-0.1, -0.05) is 0 Å². The molecule has 1 aliphatic carbocycles. The first-order valence-electron chi connectivity index (χ1n) is 3.25. The average Bonchev–Trinajstić information content (AvgIpc) is 2.43. The number of rotatable bonds is 1. The number of carboxylic acids is 1. The number of aliphatic carboxylic acids is 1.